The fraction of sp³-hybridized carbons (Fsp3) is 0.429. The molecule has 1 heterocycles. The van der Waals surface area contributed by atoms with Gasteiger partial charge < -0.3 is 14.8 Å². The molecule has 0 bridgehead atoms. The number of nitrogens with zero attached hydrogens (tertiary/aromatic N) is 3. The molecule has 0 radical (unpaired) electrons. The van der Waals surface area contributed by atoms with E-state index in [1.54, 1.807) is 24.4 Å². The predicted octanol–water partition coefficient (Wildman–Crippen LogP) is 3.18. The van der Waals surface area contributed by atoms with E-state index in [4.69, 9.17) is 14.7 Å². The van der Waals surface area contributed by atoms with Crippen LogP contribution in [0, 0.1) is 18.3 Å². The van der Waals surface area contributed by atoms with Crippen molar-refractivity contribution in [3.63, 3.8) is 0 Å². The lowest BCUT2D eigenvalue weighted by Gasteiger charge is -2.29. The van der Waals surface area contributed by atoms with E-state index in [0.717, 1.165) is 31.4 Å². The number of ether oxygens (including phenoxy) is 2. The molecular weight excluding hydrogens is 356 g/mol. The average molecular weight is 380 g/mol. The maximum atomic E-state index is 12.3. The van der Waals surface area contributed by atoms with E-state index in [1.807, 2.05) is 13.8 Å². The lowest BCUT2D eigenvalue weighted by atomic mass is 9.93. The Morgan fingerprint density at radius 1 is 1.25 bits per heavy atom. The van der Waals surface area contributed by atoms with Gasteiger partial charge in [-0.15, -0.1) is 0 Å². The van der Waals surface area contributed by atoms with Crippen molar-refractivity contribution in [2.24, 2.45) is 0 Å². The molecule has 1 amide bonds. The third kappa shape index (κ3) is 4.97. The molecule has 28 heavy (non-hydrogen) atoms. The van der Waals surface area contributed by atoms with Gasteiger partial charge in [0.05, 0.1) is 30.2 Å². The highest BCUT2D eigenvalue weighted by Gasteiger charge is 2.24. The van der Waals surface area contributed by atoms with E-state index in [9.17, 15) is 4.79 Å². The summed E-state index contributed by atoms with van der Waals surface area (Å²) in [6, 6.07) is 7.51. The molecule has 1 aliphatic carbocycles. The molecule has 1 N–H and O–H groups in total. The third-order valence-corrected chi connectivity index (χ3v) is 4.70. The van der Waals surface area contributed by atoms with Gasteiger partial charge in [0.1, 0.15) is 23.3 Å². The van der Waals surface area contributed by atoms with E-state index < -0.39 is 0 Å². The highest BCUT2D eigenvalue weighted by Crippen LogP contribution is 2.28. The monoisotopic (exact) mass is 380 g/mol. The summed E-state index contributed by atoms with van der Waals surface area (Å²) in [5.41, 5.74) is 1.62. The number of aryl methyl sites for hydroxylation is 1. The molecule has 146 valence electrons. The van der Waals surface area contributed by atoms with Crippen LogP contribution in [0.1, 0.15) is 54.4 Å². The number of amides is 1. The van der Waals surface area contributed by atoms with Crippen molar-refractivity contribution in [1.82, 2.24) is 15.3 Å². The lowest BCUT2D eigenvalue weighted by Crippen LogP contribution is -2.40. The highest BCUT2D eigenvalue weighted by atomic mass is 16.5. The van der Waals surface area contributed by atoms with E-state index >= 15 is 0 Å². The molecule has 1 aromatic carbocycles. The first-order valence-corrected chi connectivity index (χ1v) is 9.52. The van der Waals surface area contributed by atoms with Crippen LogP contribution in [0.3, 0.4) is 0 Å². The quantitative estimate of drug-likeness (QED) is 0.827. The van der Waals surface area contributed by atoms with Gasteiger partial charge in [0.2, 0.25) is 0 Å². The summed E-state index contributed by atoms with van der Waals surface area (Å²) in [5.74, 6) is 1.05. The Morgan fingerprint density at radius 3 is 2.68 bits per heavy atom. The van der Waals surface area contributed by atoms with Crippen LogP contribution in [0.25, 0.3) is 0 Å². The summed E-state index contributed by atoms with van der Waals surface area (Å²) < 4.78 is 11.6. The second-order valence-corrected chi connectivity index (χ2v) is 6.81. The Morgan fingerprint density at radius 2 is 2.04 bits per heavy atom. The SMILES string of the molecule is CCOc1cc(OC2CCC(NC(=O)c3cnc(C)cn3)CC2)ccc1C#N. The summed E-state index contributed by atoms with van der Waals surface area (Å²) in [7, 11) is 0. The molecular formula is C21H24N4O3. The molecule has 0 unspecified atom stereocenters. The van der Waals surface area contributed by atoms with Crippen molar-refractivity contribution in [3.05, 3.63) is 47.5 Å². The number of hydrogen-bond acceptors (Lipinski definition) is 6. The molecule has 0 spiro atoms. The van der Waals surface area contributed by atoms with Crippen LogP contribution in [0.2, 0.25) is 0 Å². The summed E-state index contributed by atoms with van der Waals surface area (Å²) in [5, 5.41) is 12.2. The molecule has 1 aliphatic rings. The van der Waals surface area contributed by atoms with Crippen molar-refractivity contribution in [2.45, 2.75) is 51.7 Å². The van der Waals surface area contributed by atoms with Crippen LogP contribution in [0.15, 0.2) is 30.6 Å². The van der Waals surface area contributed by atoms with Gasteiger partial charge >= 0.3 is 0 Å². The Labute approximate surface area is 164 Å². The summed E-state index contributed by atoms with van der Waals surface area (Å²) in [6.07, 6.45) is 6.53. The topological polar surface area (TPSA) is 97.1 Å². The standard InChI is InChI=1S/C21H24N4O3/c1-3-27-20-10-18(7-4-15(20)11-22)28-17-8-5-16(6-9-17)25-21(26)19-13-23-14(2)12-24-19/h4,7,10,12-13,16-17H,3,5-6,8-9H2,1-2H3,(H,25,26). The number of aromatic nitrogens is 2. The Kier molecular flexibility index (Phi) is 6.43. The largest absolute Gasteiger partial charge is 0.492 e. The van der Waals surface area contributed by atoms with Crippen molar-refractivity contribution < 1.29 is 14.3 Å². The first-order valence-electron chi connectivity index (χ1n) is 9.52. The minimum absolute atomic E-state index is 0.0785. The molecule has 1 fully saturated rings. The second-order valence-electron chi connectivity index (χ2n) is 6.81. The zero-order valence-corrected chi connectivity index (χ0v) is 16.1. The van der Waals surface area contributed by atoms with Crippen molar-refractivity contribution >= 4 is 5.91 Å². The summed E-state index contributed by atoms with van der Waals surface area (Å²) >= 11 is 0. The van der Waals surface area contributed by atoms with Gasteiger partial charge in [-0.25, -0.2) is 4.98 Å². The first-order chi connectivity index (χ1) is 13.6. The van der Waals surface area contributed by atoms with Crippen LogP contribution in [0.4, 0.5) is 0 Å². The van der Waals surface area contributed by atoms with Gasteiger partial charge in [0.25, 0.3) is 5.91 Å². The second kappa shape index (κ2) is 9.18. The Balaban J connectivity index is 1.51. The van der Waals surface area contributed by atoms with Crippen LogP contribution in [-0.4, -0.2) is 34.6 Å². The number of carbonyl (C=O) groups is 1. The number of nitriles is 1. The average Bonchev–Trinajstić information content (AvgIpc) is 2.70. The lowest BCUT2D eigenvalue weighted by molar-refractivity contribution is 0.0888. The van der Waals surface area contributed by atoms with E-state index in [2.05, 4.69) is 21.4 Å². The molecule has 1 aromatic heterocycles. The minimum Gasteiger partial charge on any atom is -0.492 e. The molecule has 7 heteroatoms. The number of hydrogen-bond donors (Lipinski definition) is 1. The van der Waals surface area contributed by atoms with Gasteiger partial charge in [-0.2, -0.15) is 5.26 Å². The third-order valence-electron chi connectivity index (χ3n) is 4.70. The van der Waals surface area contributed by atoms with Gasteiger partial charge in [0.15, 0.2) is 0 Å². The van der Waals surface area contributed by atoms with Crippen molar-refractivity contribution in [1.29, 1.82) is 5.26 Å². The molecule has 0 saturated heterocycles. The maximum Gasteiger partial charge on any atom is 0.271 e. The maximum absolute atomic E-state index is 12.3. The highest BCUT2D eigenvalue weighted by molar-refractivity contribution is 5.92. The van der Waals surface area contributed by atoms with Gasteiger partial charge in [0, 0.05) is 18.3 Å². The van der Waals surface area contributed by atoms with Crippen LogP contribution < -0.4 is 14.8 Å². The summed E-state index contributed by atoms with van der Waals surface area (Å²) in [4.78, 5) is 20.5. The van der Waals surface area contributed by atoms with Gasteiger partial charge in [-0.1, -0.05) is 0 Å². The molecule has 0 atom stereocenters. The fourth-order valence-corrected chi connectivity index (χ4v) is 3.23. The van der Waals surface area contributed by atoms with Crippen LogP contribution in [-0.2, 0) is 0 Å². The number of nitrogens with one attached hydrogen (secondary N) is 1. The molecule has 3 rings (SSSR count). The zero-order valence-electron chi connectivity index (χ0n) is 16.1. The molecule has 0 aliphatic heterocycles. The van der Waals surface area contributed by atoms with Gasteiger partial charge in [-0.05, 0) is 51.7 Å². The first kappa shape index (κ1) is 19.6. The number of carbonyl (C=O) groups excluding carboxylic acids is 1. The fourth-order valence-electron chi connectivity index (χ4n) is 3.23. The smallest absolute Gasteiger partial charge is 0.271 e. The normalized spacial score (nSPS) is 18.8. The number of rotatable bonds is 6. The van der Waals surface area contributed by atoms with Crippen LogP contribution in [0.5, 0.6) is 11.5 Å². The predicted molar refractivity (Wildman–Crippen MR) is 103 cm³/mol. The molecule has 1 saturated carbocycles. The van der Waals surface area contributed by atoms with Crippen LogP contribution >= 0.6 is 0 Å². The summed E-state index contributed by atoms with van der Waals surface area (Å²) in [6.45, 7) is 4.21. The number of benzene rings is 1. The Bertz CT molecular complexity index is 853. The van der Waals surface area contributed by atoms with Crippen molar-refractivity contribution in [2.75, 3.05) is 6.61 Å². The van der Waals surface area contributed by atoms with Crippen molar-refractivity contribution in [3.8, 4) is 17.6 Å². The molecule has 7 nitrogen and oxygen atoms in total. The van der Waals surface area contributed by atoms with E-state index in [1.165, 1.54) is 6.20 Å². The van der Waals surface area contributed by atoms with E-state index in [-0.39, 0.29) is 18.1 Å². The van der Waals surface area contributed by atoms with E-state index in [0.29, 0.717) is 29.4 Å². The minimum atomic E-state index is -0.190. The van der Waals surface area contributed by atoms with Gasteiger partial charge in [-0.3, -0.25) is 9.78 Å². The molecule has 2 aromatic rings. The zero-order chi connectivity index (χ0) is 19.9. The Hall–Kier alpha value is -3.14.